The maximum Gasteiger partial charge on any atom is 0.240 e. The number of amides is 1. The minimum Gasteiger partial charge on any atom is -0.324 e. The second-order valence-electron chi connectivity index (χ2n) is 6.25. The molecule has 8 nitrogen and oxygen atoms in total. The van der Waals surface area contributed by atoms with E-state index in [2.05, 4.69) is 35.4 Å². The number of fused-ring (bicyclic) bond motifs is 2. The number of anilines is 1. The molecule has 1 aliphatic rings. The van der Waals surface area contributed by atoms with Gasteiger partial charge in [0.15, 0.2) is 0 Å². The third-order valence-corrected chi connectivity index (χ3v) is 4.40. The first-order valence-corrected chi connectivity index (χ1v) is 8.66. The molecule has 25 heavy (non-hydrogen) atoms. The van der Waals surface area contributed by atoms with Crippen LogP contribution in [0.5, 0.6) is 0 Å². The molecule has 8 heteroatoms. The topological polar surface area (TPSA) is 101 Å². The maximum absolute atomic E-state index is 12.1. The van der Waals surface area contributed by atoms with Gasteiger partial charge in [0.2, 0.25) is 11.9 Å². The lowest BCUT2D eigenvalue weighted by atomic mass is 10.2. The number of rotatable bonds is 5. The van der Waals surface area contributed by atoms with E-state index in [1.165, 1.54) is 12.8 Å². The molecule has 0 bridgehead atoms. The normalized spacial score (nSPS) is 14.2. The standard InChI is InChI=1S/C17H21N7O/c25-16(21-17-19-12-6-3-4-7-13(12)20-17)11-18-10-15-23-22-14-8-2-1-5-9-24(14)15/h3-4,6-7,18H,1-2,5,8-11H2,(H2,19,20,21,25). The van der Waals surface area contributed by atoms with Gasteiger partial charge >= 0.3 is 0 Å². The number of aromatic amines is 1. The molecule has 3 N–H and O–H groups in total. The maximum atomic E-state index is 12.1. The second-order valence-corrected chi connectivity index (χ2v) is 6.25. The lowest BCUT2D eigenvalue weighted by molar-refractivity contribution is -0.115. The van der Waals surface area contributed by atoms with Gasteiger partial charge in [0.25, 0.3) is 0 Å². The van der Waals surface area contributed by atoms with Crippen molar-refractivity contribution in [3.05, 3.63) is 35.9 Å². The lowest BCUT2D eigenvalue weighted by Crippen LogP contribution is -2.29. The van der Waals surface area contributed by atoms with E-state index >= 15 is 0 Å². The number of carbonyl (C=O) groups excluding carboxylic acids is 1. The number of imidazole rings is 1. The summed E-state index contributed by atoms with van der Waals surface area (Å²) in [5, 5.41) is 14.4. The SMILES string of the molecule is O=C(CNCc1nnc2n1CCCCC2)Nc1nc2ccccc2[nH]1. The highest BCUT2D eigenvalue weighted by atomic mass is 16.2. The highest BCUT2D eigenvalue weighted by Crippen LogP contribution is 2.14. The third kappa shape index (κ3) is 3.53. The number of nitrogens with zero attached hydrogens (tertiary/aromatic N) is 4. The molecule has 3 aromatic rings. The summed E-state index contributed by atoms with van der Waals surface area (Å²) in [6, 6.07) is 7.66. The number of H-pyrrole nitrogens is 1. The zero-order chi connectivity index (χ0) is 17.1. The van der Waals surface area contributed by atoms with Gasteiger partial charge < -0.3 is 14.9 Å². The number of aryl methyl sites for hydroxylation is 1. The quantitative estimate of drug-likeness (QED) is 0.656. The Morgan fingerprint density at radius 2 is 2.12 bits per heavy atom. The Hall–Kier alpha value is -2.74. The average molecular weight is 339 g/mol. The van der Waals surface area contributed by atoms with Crippen LogP contribution in [0.4, 0.5) is 5.95 Å². The highest BCUT2D eigenvalue weighted by molar-refractivity contribution is 5.92. The Kier molecular flexibility index (Phi) is 4.43. The Labute approximate surface area is 145 Å². The van der Waals surface area contributed by atoms with E-state index in [1.807, 2.05) is 24.3 Å². The van der Waals surface area contributed by atoms with Crippen LogP contribution >= 0.6 is 0 Å². The van der Waals surface area contributed by atoms with E-state index in [0.717, 1.165) is 42.1 Å². The minimum atomic E-state index is -0.144. The van der Waals surface area contributed by atoms with Crippen molar-refractivity contribution in [2.75, 3.05) is 11.9 Å². The summed E-state index contributed by atoms with van der Waals surface area (Å²) in [6.07, 6.45) is 4.55. The van der Waals surface area contributed by atoms with E-state index in [1.54, 1.807) is 0 Å². The number of benzene rings is 1. The number of para-hydroxylation sites is 2. The van der Waals surface area contributed by atoms with E-state index in [0.29, 0.717) is 12.5 Å². The lowest BCUT2D eigenvalue weighted by Gasteiger charge is -2.08. The molecule has 2 aromatic heterocycles. The summed E-state index contributed by atoms with van der Waals surface area (Å²) >= 11 is 0. The minimum absolute atomic E-state index is 0.144. The predicted octanol–water partition coefficient (Wildman–Crippen LogP) is 1.61. The fourth-order valence-electron chi connectivity index (χ4n) is 3.15. The molecule has 1 amide bonds. The molecular formula is C17H21N7O. The summed E-state index contributed by atoms with van der Waals surface area (Å²) < 4.78 is 2.18. The van der Waals surface area contributed by atoms with Gasteiger partial charge in [-0.15, -0.1) is 10.2 Å². The Morgan fingerprint density at radius 1 is 1.20 bits per heavy atom. The predicted molar refractivity (Wildman–Crippen MR) is 94.0 cm³/mol. The van der Waals surface area contributed by atoms with Gasteiger partial charge in [-0.3, -0.25) is 10.1 Å². The molecule has 0 unspecified atom stereocenters. The Morgan fingerprint density at radius 3 is 3.04 bits per heavy atom. The average Bonchev–Trinajstić information content (AvgIpc) is 3.10. The Balaban J connectivity index is 1.31. The highest BCUT2D eigenvalue weighted by Gasteiger charge is 2.14. The van der Waals surface area contributed by atoms with Crippen molar-refractivity contribution in [3.8, 4) is 0 Å². The van der Waals surface area contributed by atoms with Crippen molar-refractivity contribution < 1.29 is 4.79 Å². The van der Waals surface area contributed by atoms with Crippen LogP contribution in [-0.4, -0.2) is 37.2 Å². The first-order chi connectivity index (χ1) is 12.3. The van der Waals surface area contributed by atoms with Crippen LogP contribution in [0.3, 0.4) is 0 Å². The fraction of sp³-hybridized carbons (Fsp3) is 0.412. The zero-order valence-corrected chi connectivity index (χ0v) is 14.0. The van der Waals surface area contributed by atoms with Gasteiger partial charge in [-0.25, -0.2) is 4.98 Å². The van der Waals surface area contributed by atoms with Gasteiger partial charge in [0, 0.05) is 13.0 Å². The molecule has 1 aromatic carbocycles. The van der Waals surface area contributed by atoms with Crippen LogP contribution in [0.1, 0.15) is 30.9 Å². The third-order valence-electron chi connectivity index (χ3n) is 4.40. The van der Waals surface area contributed by atoms with Gasteiger partial charge in [-0.2, -0.15) is 0 Å². The van der Waals surface area contributed by atoms with Crippen molar-refractivity contribution >= 4 is 22.9 Å². The molecule has 0 radical (unpaired) electrons. The summed E-state index contributed by atoms with van der Waals surface area (Å²) in [5.41, 5.74) is 1.73. The van der Waals surface area contributed by atoms with Crippen molar-refractivity contribution in [2.45, 2.75) is 38.8 Å². The molecule has 0 saturated carbocycles. The molecule has 0 saturated heterocycles. The van der Waals surface area contributed by atoms with Crippen LogP contribution in [0.15, 0.2) is 24.3 Å². The number of aromatic nitrogens is 5. The molecule has 1 aliphatic heterocycles. The molecule has 0 spiro atoms. The number of nitrogens with one attached hydrogen (secondary N) is 3. The van der Waals surface area contributed by atoms with Crippen molar-refractivity contribution in [2.24, 2.45) is 0 Å². The molecule has 0 fully saturated rings. The molecule has 4 rings (SSSR count). The number of hydrogen-bond acceptors (Lipinski definition) is 5. The van der Waals surface area contributed by atoms with Gasteiger partial charge in [0.05, 0.1) is 24.1 Å². The Bertz CT molecular complexity index is 849. The van der Waals surface area contributed by atoms with E-state index in [-0.39, 0.29) is 12.5 Å². The van der Waals surface area contributed by atoms with E-state index in [9.17, 15) is 4.79 Å². The zero-order valence-electron chi connectivity index (χ0n) is 14.0. The van der Waals surface area contributed by atoms with Crippen LogP contribution in [0, 0.1) is 0 Å². The van der Waals surface area contributed by atoms with Crippen LogP contribution in [0.2, 0.25) is 0 Å². The van der Waals surface area contributed by atoms with Gasteiger partial charge in [-0.1, -0.05) is 18.6 Å². The van der Waals surface area contributed by atoms with Gasteiger partial charge in [-0.05, 0) is 25.0 Å². The summed E-state index contributed by atoms with van der Waals surface area (Å²) in [5.74, 6) is 2.27. The molecule has 3 heterocycles. The first-order valence-electron chi connectivity index (χ1n) is 8.66. The summed E-state index contributed by atoms with van der Waals surface area (Å²) in [4.78, 5) is 19.5. The number of hydrogen-bond donors (Lipinski definition) is 3. The van der Waals surface area contributed by atoms with Crippen molar-refractivity contribution in [3.63, 3.8) is 0 Å². The first kappa shape index (κ1) is 15.8. The smallest absolute Gasteiger partial charge is 0.240 e. The second kappa shape index (κ2) is 7.02. The van der Waals surface area contributed by atoms with E-state index < -0.39 is 0 Å². The fourth-order valence-corrected chi connectivity index (χ4v) is 3.15. The van der Waals surface area contributed by atoms with Crippen LogP contribution in [-0.2, 0) is 24.3 Å². The van der Waals surface area contributed by atoms with Crippen LogP contribution < -0.4 is 10.6 Å². The summed E-state index contributed by atoms with van der Waals surface area (Å²) in [6.45, 7) is 1.68. The number of carbonyl (C=O) groups is 1. The van der Waals surface area contributed by atoms with Gasteiger partial charge in [0.1, 0.15) is 11.6 Å². The van der Waals surface area contributed by atoms with E-state index in [4.69, 9.17) is 0 Å². The molecular weight excluding hydrogens is 318 g/mol. The summed E-state index contributed by atoms with van der Waals surface area (Å²) in [7, 11) is 0. The van der Waals surface area contributed by atoms with Crippen molar-refractivity contribution in [1.82, 2.24) is 30.0 Å². The molecule has 0 atom stereocenters. The molecule has 0 aliphatic carbocycles. The van der Waals surface area contributed by atoms with Crippen LogP contribution in [0.25, 0.3) is 11.0 Å². The molecule has 130 valence electrons. The monoisotopic (exact) mass is 339 g/mol. The largest absolute Gasteiger partial charge is 0.324 e. The van der Waals surface area contributed by atoms with Crippen molar-refractivity contribution in [1.29, 1.82) is 0 Å².